The van der Waals surface area contributed by atoms with E-state index in [9.17, 15) is 0 Å². The molecule has 0 atom stereocenters. The summed E-state index contributed by atoms with van der Waals surface area (Å²) in [7, 11) is 0. The van der Waals surface area contributed by atoms with E-state index in [0.29, 0.717) is 17.5 Å². The molecule has 0 aliphatic heterocycles. The zero-order valence-corrected chi connectivity index (χ0v) is 12.7. The van der Waals surface area contributed by atoms with Crippen LogP contribution in [-0.4, -0.2) is 15.7 Å². The van der Waals surface area contributed by atoms with Crippen molar-refractivity contribution in [2.24, 2.45) is 5.73 Å². The normalized spacial score (nSPS) is 13.0. The average Bonchev–Trinajstić information content (AvgIpc) is 3.04. The molecule has 5 heteroatoms. The van der Waals surface area contributed by atoms with Gasteiger partial charge in [0.1, 0.15) is 5.58 Å². The molecule has 0 saturated heterocycles. The van der Waals surface area contributed by atoms with Crippen LogP contribution in [0.3, 0.4) is 0 Å². The molecule has 21 heavy (non-hydrogen) atoms. The summed E-state index contributed by atoms with van der Waals surface area (Å²) in [6, 6.07) is 9.69. The van der Waals surface area contributed by atoms with Crippen LogP contribution >= 0.6 is 0 Å². The van der Waals surface area contributed by atoms with Crippen molar-refractivity contribution in [3.05, 3.63) is 36.2 Å². The van der Waals surface area contributed by atoms with Gasteiger partial charge in [-0.15, -0.1) is 0 Å². The van der Waals surface area contributed by atoms with Gasteiger partial charge in [-0.2, -0.15) is 4.98 Å². The highest BCUT2D eigenvalue weighted by Gasteiger charge is 2.40. The fourth-order valence-corrected chi connectivity index (χ4v) is 1.95. The van der Waals surface area contributed by atoms with Crippen molar-refractivity contribution in [3.63, 3.8) is 0 Å². The molecule has 1 aromatic carbocycles. The largest absolute Gasteiger partial charge is 0.453 e. The Hall–Kier alpha value is -2.14. The molecule has 110 valence electrons. The van der Waals surface area contributed by atoms with Crippen molar-refractivity contribution in [1.82, 2.24) is 10.1 Å². The van der Waals surface area contributed by atoms with Crippen LogP contribution in [-0.2, 0) is 5.41 Å². The van der Waals surface area contributed by atoms with E-state index in [2.05, 4.69) is 10.1 Å². The van der Waals surface area contributed by atoms with Gasteiger partial charge in [0.15, 0.2) is 5.76 Å². The minimum absolute atomic E-state index is 0.440. The Morgan fingerprint density at radius 2 is 1.81 bits per heavy atom. The number of benzene rings is 1. The molecule has 3 rings (SSSR count). The summed E-state index contributed by atoms with van der Waals surface area (Å²) in [6.45, 7) is 7.86. The topological polar surface area (TPSA) is 78.1 Å². The minimum atomic E-state index is -0.481. The third kappa shape index (κ3) is 2.23. The fourth-order valence-electron chi connectivity index (χ4n) is 1.95. The van der Waals surface area contributed by atoms with Crippen LogP contribution in [0.5, 0.6) is 0 Å². The average molecular weight is 285 g/mol. The lowest BCUT2D eigenvalue weighted by molar-refractivity contribution is 0.223. The van der Waals surface area contributed by atoms with Gasteiger partial charge in [-0.25, -0.2) is 0 Å². The lowest BCUT2D eigenvalue weighted by Gasteiger charge is -2.34. The first-order valence-corrected chi connectivity index (χ1v) is 6.91. The van der Waals surface area contributed by atoms with Crippen LogP contribution in [0.2, 0.25) is 0 Å². The summed E-state index contributed by atoms with van der Waals surface area (Å²) in [5, 5.41) is 5.04. The van der Waals surface area contributed by atoms with Gasteiger partial charge in [0.2, 0.25) is 11.7 Å². The first-order valence-electron chi connectivity index (χ1n) is 6.91. The van der Waals surface area contributed by atoms with Crippen LogP contribution in [0.1, 0.15) is 33.6 Å². The van der Waals surface area contributed by atoms with Crippen molar-refractivity contribution in [2.45, 2.75) is 38.6 Å². The van der Waals surface area contributed by atoms with Gasteiger partial charge < -0.3 is 14.7 Å². The number of aromatic nitrogens is 2. The second kappa shape index (κ2) is 4.43. The highest BCUT2D eigenvalue weighted by Crippen LogP contribution is 2.33. The Labute approximate surface area is 123 Å². The molecule has 2 heterocycles. The van der Waals surface area contributed by atoms with E-state index in [1.807, 2.05) is 58.0 Å². The third-order valence-electron chi connectivity index (χ3n) is 4.22. The monoisotopic (exact) mass is 285 g/mol. The maximum absolute atomic E-state index is 6.20. The summed E-state index contributed by atoms with van der Waals surface area (Å²) in [4.78, 5) is 4.46. The SMILES string of the molecule is CC(C)(N)C(C)(C)c1nc(-c2cc3ccccc3o2)no1. The Kier molecular flexibility index (Phi) is 2.92. The number of nitrogens with zero attached hydrogens (tertiary/aromatic N) is 2. The molecule has 0 aliphatic carbocycles. The second-order valence-electron chi connectivity index (χ2n) is 6.42. The Morgan fingerprint density at radius 1 is 1.10 bits per heavy atom. The van der Waals surface area contributed by atoms with E-state index < -0.39 is 11.0 Å². The van der Waals surface area contributed by atoms with E-state index in [1.165, 1.54) is 0 Å². The quantitative estimate of drug-likeness (QED) is 0.796. The highest BCUT2D eigenvalue weighted by molar-refractivity contribution is 5.81. The van der Waals surface area contributed by atoms with Gasteiger partial charge in [0.05, 0.1) is 5.41 Å². The van der Waals surface area contributed by atoms with E-state index >= 15 is 0 Å². The number of rotatable bonds is 3. The van der Waals surface area contributed by atoms with E-state index in [1.54, 1.807) is 0 Å². The zero-order chi connectivity index (χ0) is 15.3. The Balaban J connectivity index is 2.02. The van der Waals surface area contributed by atoms with Crippen LogP contribution in [0, 0.1) is 0 Å². The summed E-state index contributed by atoms with van der Waals surface area (Å²) >= 11 is 0. The molecule has 0 radical (unpaired) electrons. The Morgan fingerprint density at radius 3 is 2.48 bits per heavy atom. The molecule has 0 fully saturated rings. The lowest BCUT2D eigenvalue weighted by Crippen LogP contribution is -2.50. The van der Waals surface area contributed by atoms with Crippen LogP contribution in [0.4, 0.5) is 0 Å². The standard InChI is InChI=1S/C16H19N3O2/c1-15(2,16(3,4)17)14-18-13(19-21-14)12-9-10-7-5-6-8-11(10)20-12/h5-9H,17H2,1-4H3. The van der Waals surface area contributed by atoms with Crippen LogP contribution < -0.4 is 5.73 Å². The van der Waals surface area contributed by atoms with E-state index in [-0.39, 0.29) is 0 Å². The second-order valence-corrected chi connectivity index (χ2v) is 6.42. The van der Waals surface area contributed by atoms with Crippen molar-refractivity contribution in [2.75, 3.05) is 0 Å². The molecule has 0 bridgehead atoms. The van der Waals surface area contributed by atoms with Gasteiger partial charge in [0.25, 0.3) is 0 Å². The fraction of sp³-hybridized carbons (Fsp3) is 0.375. The van der Waals surface area contributed by atoms with Crippen molar-refractivity contribution in [3.8, 4) is 11.6 Å². The van der Waals surface area contributed by atoms with Crippen molar-refractivity contribution >= 4 is 11.0 Å². The lowest BCUT2D eigenvalue weighted by atomic mass is 9.75. The first-order chi connectivity index (χ1) is 9.79. The number of para-hydroxylation sites is 1. The van der Waals surface area contributed by atoms with Crippen molar-refractivity contribution < 1.29 is 8.94 Å². The van der Waals surface area contributed by atoms with Crippen molar-refractivity contribution in [1.29, 1.82) is 0 Å². The van der Waals surface area contributed by atoms with E-state index in [4.69, 9.17) is 14.7 Å². The molecule has 3 aromatic rings. The Bertz CT molecular complexity index is 745. The molecule has 2 N–H and O–H groups in total. The maximum atomic E-state index is 6.20. The molecule has 0 amide bonds. The number of fused-ring (bicyclic) bond motifs is 1. The first kappa shape index (κ1) is 13.8. The maximum Gasteiger partial charge on any atom is 0.238 e. The summed E-state index contributed by atoms with van der Waals surface area (Å²) in [5.74, 6) is 1.54. The van der Waals surface area contributed by atoms with Gasteiger partial charge in [-0.05, 0) is 39.8 Å². The molecule has 0 aliphatic rings. The molecule has 5 nitrogen and oxygen atoms in total. The molecule has 0 spiro atoms. The van der Waals surface area contributed by atoms with Gasteiger partial charge in [0, 0.05) is 10.9 Å². The summed E-state index contributed by atoms with van der Waals surface area (Å²) < 4.78 is 11.2. The molecule has 0 unspecified atom stereocenters. The third-order valence-corrected chi connectivity index (χ3v) is 4.22. The molecule has 0 saturated carbocycles. The number of furan rings is 1. The van der Waals surface area contributed by atoms with Crippen LogP contribution in [0.25, 0.3) is 22.6 Å². The van der Waals surface area contributed by atoms with Gasteiger partial charge in [-0.3, -0.25) is 0 Å². The number of hydrogen-bond acceptors (Lipinski definition) is 5. The smallest absolute Gasteiger partial charge is 0.238 e. The van der Waals surface area contributed by atoms with E-state index in [0.717, 1.165) is 11.0 Å². The predicted octanol–water partition coefficient (Wildman–Crippen LogP) is 3.50. The summed E-state index contributed by atoms with van der Waals surface area (Å²) in [6.07, 6.45) is 0. The highest BCUT2D eigenvalue weighted by atomic mass is 16.5. The minimum Gasteiger partial charge on any atom is -0.453 e. The number of hydrogen-bond donors (Lipinski definition) is 1. The molecular formula is C16H19N3O2. The molecular weight excluding hydrogens is 266 g/mol. The van der Waals surface area contributed by atoms with Gasteiger partial charge >= 0.3 is 0 Å². The van der Waals surface area contributed by atoms with Gasteiger partial charge in [-0.1, -0.05) is 23.4 Å². The summed E-state index contributed by atoms with van der Waals surface area (Å²) in [5.41, 5.74) is 6.08. The van der Waals surface area contributed by atoms with Crippen LogP contribution in [0.15, 0.2) is 39.3 Å². The number of nitrogens with two attached hydrogens (primary N) is 1. The predicted molar refractivity (Wildman–Crippen MR) is 80.8 cm³/mol. The molecule has 2 aromatic heterocycles. The zero-order valence-electron chi connectivity index (χ0n) is 12.7.